The average molecular weight is 434 g/mol. The number of carbonyl (C=O) groups excluding carboxylic acids is 2. The van der Waals surface area contributed by atoms with Crippen LogP contribution in [0.2, 0.25) is 0 Å². The van der Waals surface area contributed by atoms with Crippen LogP contribution in [-0.4, -0.2) is 39.4 Å². The number of thioether (sulfide) groups is 1. The number of rotatable bonds is 5. The first-order valence-electron chi connectivity index (χ1n) is 8.52. The second-order valence-electron chi connectivity index (χ2n) is 6.11. The summed E-state index contributed by atoms with van der Waals surface area (Å²) < 4.78 is 13.9. The molecule has 1 aliphatic heterocycles. The Hall–Kier alpha value is -2.23. The summed E-state index contributed by atoms with van der Waals surface area (Å²) in [5.41, 5.74) is 0.766. The topological polar surface area (TPSA) is 62.3 Å². The number of aromatic nitrogens is 1. The van der Waals surface area contributed by atoms with Crippen molar-refractivity contribution >= 4 is 46.2 Å². The Kier molecular flexibility index (Phi) is 5.74. The average Bonchev–Trinajstić information content (AvgIpc) is 3.47. The maximum absolute atomic E-state index is 13.9. The monoisotopic (exact) mass is 433 g/mol. The predicted octanol–water partition coefficient (Wildman–Crippen LogP) is 3.84. The number of hydrogen-bond acceptors (Lipinski definition) is 6. The van der Waals surface area contributed by atoms with Gasteiger partial charge in [-0.15, -0.1) is 34.4 Å². The molecule has 2 aromatic heterocycles. The molecule has 0 unspecified atom stereocenters. The molecule has 3 aromatic rings. The van der Waals surface area contributed by atoms with Crippen molar-refractivity contribution in [2.24, 2.45) is 0 Å². The molecule has 0 bridgehead atoms. The van der Waals surface area contributed by atoms with Crippen LogP contribution in [0.15, 0.2) is 47.2 Å². The number of nitrogens with zero attached hydrogens (tertiary/aromatic N) is 2. The van der Waals surface area contributed by atoms with Crippen molar-refractivity contribution < 1.29 is 14.0 Å². The highest BCUT2D eigenvalue weighted by atomic mass is 32.2. The van der Waals surface area contributed by atoms with Crippen LogP contribution in [0.3, 0.4) is 0 Å². The Labute approximate surface area is 173 Å². The van der Waals surface area contributed by atoms with Gasteiger partial charge in [-0.3, -0.25) is 9.59 Å². The molecule has 0 spiro atoms. The van der Waals surface area contributed by atoms with Crippen LogP contribution in [0.5, 0.6) is 0 Å². The van der Waals surface area contributed by atoms with E-state index >= 15 is 0 Å². The Balaban J connectivity index is 1.40. The van der Waals surface area contributed by atoms with E-state index in [0.717, 1.165) is 15.6 Å². The highest BCUT2D eigenvalue weighted by Crippen LogP contribution is 2.28. The van der Waals surface area contributed by atoms with Crippen molar-refractivity contribution in [2.75, 3.05) is 11.6 Å². The fourth-order valence-electron chi connectivity index (χ4n) is 2.85. The Morgan fingerprint density at radius 2 is 2.07 bits per heavy atom. The van der Waals surface area contributed by atoms with Gasteiger partial charge >= 0.3 is 0 Å². The van der Waals surface area contributed by atoms with Gasteiger partial charge in [-0.05, 0) is 23.6 Å². The van der Waals surface area contributed by atoms with Gasteiger partial charge in [0.05, 0.1) is 28.6 Å². The van der Waals surface area contributed by atoms with Gasteiger partial charge in [0.1, 0.15) is 16.9 Å². The Morgan fingerprint density at radius 3 is 2.86 bits per heavy atom. The number of nitrogens with one attached hydrogen (secondary N) is 1. The summed E-state index contributed by atoms with van der Waals surface area (Å²) in [7, 11) is 0. The number of benzene rings is 1. The predicted molar refractivity (Wildman–Crippen MR) is 111 cm³/mol. The molecule has 0 radical (unpaired) electrons. The van der Waals surface area contributed by atoms with E-state index in [2.05, 4.69) is 10.3 Å². The first kappa shape index (κ1) is 19.1. The number of carbonyl (C=O) groups is 2. The van der Waals surface area contributed by atoms with E-state index < -0.39 is 17.8 Å². The molecular formula is C19H16FN3O2S3. The quantitative estimate of drug-likeness (QED) is 0.664. The Bertz CT molecular complexity index is 990. The summed E-state index contributed by atoms with van der Waals surface area (Å²) in [5, 5.41) is 7.70. The molecule has 1 aliphatic rings. The van der Waals surface area contributed by atoms with Crippen molar-refractivity contribution in [2.45, 2.75) is 12.6 Å². The van der Waals surface area contributed by atoms with Gasteiger partial charge < -0.3 is 10.2 Å². The van der Waals surface area contributed by atoms with E-state index in [0.29, 0.717) is 18.2 Å². The molecule has 4 rings (SSSR count). The largest absolute Gasteiger partial charge is 0.349 e. The molecule has 3 heterocycles. The zero-order valence-electron chi connectivity index (χ0n) is 14.6. The van der Waals surface area contributed by atoms with Gasteiger partial charge in [0.15, 0.2) is 0 Å². The Morgan fingerprint density at radius 1 is 1.21 bits per heavy atom. The molecule has 2 amide bonds. The van der Waals surface area contributed by atoms with Crippen LogP contribution in [0.4, 0.5) is 4.39 Å². The van der Waals surface area contributed by atoms with Crippen molar-refractivity contribution in [3.05, 3.63) is 64.2 Å². The van der Waals surface area contributed by atoms with E-state index in [1.165, 1.54) is 46.2 Å². The molecule has 1 atom stereocenters. The minimum atomic E-state index is -0.618. The third kappa shape index (κ3) is 3.96. The number of halogens is 1. The molecule has 144 valence electrons. The normalized spacial score (nSPS) is 16.3. The van der Waals surface area contributed by atoms with Gasteiger partial charge in [0.25, 0.3) is 5.91 Å². The van der Waals surface area contributed by atoms with Crippen LogP contribution >= 0.6 is 34.4 Å². The van der Waals surface area contributed by atoms with E-state index in [-0.39, 0.29) is 11.5 Å². The van der Waals surface area contributed by atoms with Crippen molar-refractivity contribution in [1.82, 2.24) is 15.2 Å². The van der Waals surface area contributed by atoms with Crippen LogP contribution in [0.1, 0.15) is 16.1 Å². The molecule has 1 N–H and O–H groups in total. The number of hydrogen-bond donors (Lipinski definition) is 1. The molecule has 0 aliphatic carbocycles. The minimum absolute atomic E-state index is 0.0112. The standard InChI is InChI=1S/C19H16FN3O2S3/c20-14-5-2-1-4-13(14)19(25)23-11-26-10-15(23)17(24)21-8-12-9-28-18(22-12)16-6-3-7-27-16/h1-7,9,15H,8,10-11H2,(H,21,24)/t15-/m1/s1. The molecule has 28 heavy (non-hydrogen) atoms. The lowest BCUT2D eigenvalue weighted by Crippen LogP contribution is -2.47. The molecule has 1 aromatic carbocycles. The first-order chi connectivity index (χ1) is 13.6. The zero-order chi connectivity index (χ0) is 19.5. The highest BCUT2D eigenvalue weighted by Gasteiger charge is 2.35. The maximum atomic E-state index is 13.9. The third-order valence-electron chi connectivity index (χ3n) is 4.28. The lowest BCUT2D eigenvalue weighted by Gasteiger charge is -2.23. The summed E-state index contributed by atoms with van der Waals surface area (Å²) >= 11 is 4.63. The SMILES string of the molecule is O=C(NCc1csc(-c2cccs2)n1)[C@H]1CSCN1C(=O)c1ccccc1F. The van der Waals surface area contributed by atoms with E-state index in [1.807, 2.05) is 22.9 Å². The highest BCUT2D eigenvalue weighted by molar-refractivity contribution is 7.99. The van der Waals surface area contributed by atoms with Gasteiger partial charge in [0, 0.05) is 11.1 Å². The van der Waals surface area contributed by atoms with E-state index in [9.17, 15) is 14.0 Å². The number of thiazole rings is 1. The minimum Gasteiger partial charge on any atom is -0.349 e. The zero-order valence-corrected chi connectivity index (χ0v) is 17.1. The lowest BCUT2D eigenvalue weighted by molar-refractivity contribution is -0.124. The summed E-state index contributed by atoms with van der Waals surface area (Å²) in [6, 6.07) is 9.20. The second-order valence-corrected chi connectivity index (χ2v) is 8.92. The lowest BCUT2D eigenvalue weighted by atomic mass is 10.1. The fourth-order valence-corrected chi connectivity index (χ4v) is 5.63. The molecule has 0 saturated carbocycles. The van der Waals surface area contributed by atoms with E-state index in [4.69, 9.17) is 0 Å². The fraction of sp³-hybridized carbons (Fsp3) is 0.211. The summed E-state index contributed by atoms with van der Waals surface area (Å²) in [4.78, 5) is 32.4. The van der Waals surface area contributed by atoms with Gasteiger partial charge in [-0.1, -0.05) is 18.2 Å². The van der Waals surface area contributed by atoms with Crippen molar-refractivity contribution in [3.63, 3.8) is 0 Å². The van der Waals surface area contributed by atoms with Crippen LogP contribution < -0.4 is 5.32 Å². The molecule has 9 heteroatoms. The van der Waals surface area contributed by atoms with Gasteiger partial charge in [-0.25, -0.2) is 9.37 Å². The summed E-state index contributed by atoms with van der Waals surface area (Å²) in [6.07, 6.45) is 0. The summed E-state index contributed by atoms with van der Waals surface area (Å²) in [5.74, 6) is -0.432. The van der Waals surface area contributed by atoms with Gasteiger partial charge in [-0.2, -0.15) is 0 Å². The van der Waals surface area contributed by atoms with Crippen LogP contribution in [0, 0.1) is 5.82 Å². The van der Waals surface area contributed by atoms with Crippen LogP contribution in [-0.2, 0) is 11.3 Å². The third-order valence-corrected chi connectivity index (χ3v) is 7.22. The van der Waals surface area contributed by atoms with Crippen molar-refractivity contribution in [1.29, 1.82) is 0 Å². The van der Waals surface area contributed by atoms with Crippen molar-refractivity contribution in [3.8, 4) is 9.88 Å². The number of thiophene rings is 1. The first-order valence-corrected chi connectivity index (χ1v) is 11.4. The molecule has 5 nitrogen and oxygen atoms in total. The molecule has 1 fully saturated rings. The molecular weight excluding hydrogens is 417 g/mol. The second kappa shape index (κ2) is 8.42. The van der Waals surface area contributed by atoms with Gasteiger partial charge in [0.2, 0.25) is 5.91 Å². The summed E-state index contributed by atoms with van der Waals surface area (Å²) in [6.45, 7) is 0.295. The maximum Gasteiger partial charge on any atom is 0.258 e. The number of amides is 2. The molecule has 1 saturated heterocycles. The van der Waals surface area contributed by atoms with Crippen LogP contribution in [0.25, 0.3) is 9.88 Å². The van der Waals surface area contributed by atoms with E-state index in [1.54, 1.807) is 17.4 Å². The smallest absolute Gasteiger partial charge is 0.258 e.